The first-order valence-corrected chi connectivity index (χ1v) is 13.2. The SMILES string of the molecule is CNC(=O)c1c(-c2ccc(C)cc2)oc2nc(CN(CCC[C@H](C)C(=O)O)[SH](=O)=O)c(C3CC3)cc12. The Morgan fingerprint density at radius 2 is 1.94 bits per heavy atom. The van der Waals surface area contributed by atoms with Crippen LogP contribution in [-0.4, -0.2) is 48.3 Å². The predicted molar refractivity (Wildman–Crippen MR) is 136 cm³/mol. The van der Waals surface area contributed by atoms with Crippen LogP contribution in [0.4, 0.5) is 0 Å². The number of benzene rings is 1. The lowest BCUT2D eigenvalue weighted by Crippen LogP contribution is -2.25. The molecule has 192 valence electrons. The number of fused-ring (bicyclic) bond motifs is 1. The number of aliphatic carboxylic acids is 1. The van der Waals surface area contributed by atoms with E-state index in [1.165, 1.54) is 4.31 Å². The Morgan fingerprint density at radius 1 is 1.25 bits per heavy atom. The third-order valence-electron chi connectivity index (χ3n) is 6.62. The molecule has 3 aromatic rings. The maximum Gasteiger partial charge on any atom is 0.306 e. The number of hydrogen-bond acceptors (Lipinski definition) is 6. The van der Waals surface area contributed by atoms with Crippen molar-refractivity contribution in [1.82, 2.24) is 14.6 Å². The Bertz CT molecular complexity index is 1350. The number of pyridine rings is 1. The molecule has 4 rings (SSSR count). The van der Waals surface area contributed by atoms with Crippen molar-refractivity contribution < 1.29 is 27.5 Å². The molecule has 10 heteroatoms. The number of carbonyl (C=O) groups excluding carboxylic acids is 1. The van der Waals surface area contributed by atoms with E-state index in [9.17, 15) is 18.0 Å². The first kappa shape index (κ1) is 25.8. The molecule has 1 fully saturated rings. The minimum absolute atomic E-state index is 0.0673. The smallest absolute Gasteiger partial charge is 0.306 e. The summed E-state index contributed by atoms with van der Waals surface area (Å²) >= 11 is 0. The summed E-state index contributed by atoms with van der Waals surface area (Å²) in [6.45, 7) is 3.86. The molecule has 1 aliphatic carbocycles. The van der Waals surface area contributed by atoms with Gasteiger partial charge in [-0.05, 0) is 50.2 Å². The highest BCUT2D eigenvalue weighted by molar-refractivity contribution is 7.69. The van der Waals surface area contributed by atoms with Gasteiger partial charge >= 0.3 is 5.97 Å². The van der Waals surface area contributed by atoms with Crippen molar-refractivity contribution in [2.45, 2.75) is 52.0 Å². The number of nitrogens with zero attached hydrogens (tertiary/aromatic N) is 2. The number of carbonyl (C=O) groups is 2. The summed E-state index contributed by atoms with van der Waals surface area (Å²) in [7, 11) is -1.32. The minimum atomic E-state index is -2.89. The van der Waals surface area contributed by atoms with Crippen molar-refractivity contribution in [2.24, 2.45) is 5.92 Å². The Kier molecular flexibility index (Phi) is 7.75. The van der Waals surface area contributed by atoms with Crippen LogP contribution in [0, 0.1) is 12.8 Å². The van der Waals surface area contributed by atoms with Gasteiger partial charge in [-0.3, -0.25) is 9.59 Å². The number of carboxylic acids is 1. The van der Waals surface area contributed by atoms with Crippen LogP contribution in [0.15, 0.2) is 34.7 Å². The maximum atomic E-state index is 12.9. The van der Waals surface area contributed by atoms with E-state index in [0.717, 1.165) is 29.5 Å². The predicted octanol–water partition coefficient (Wildman–Crippen LogP) is 3.87. The monoisotopic (exact) mass is 513 g/mol. The molecule has 2 aromatic heterocycles. The summed E-state index contributed by atoms with van der Waals surface area (Å²) in [5, 5.41) is 12.4. The van der Waals surface area contributed by atoms with Gasteiger partial charge < -0.3 is 14.8 Å². The van der Waals surface area contributed by atoms with Crippen molar-refractivity contribution >= 4 is 33.9 Å². The van der Waals surface area contributed by atoms with Crippen LogP contribution in [0.5, 0.6) is 0 Å². The second kappa shape index (κ2) is 10.8. The molecule has 0 saturated heterocycles. The number of carboxylic acid groups (broad SMARTS) is 1. The highest BCUT2D eigenvalue weighted by atomic mass is 32.2. The maximum absolute atomic E-state index is 12.9. The molecule has 0 bridgehead atoms. The van der Waals surface area contributed by atoms with E-state index >= 15 is 0 Å². The first-order chi connectivity index (χ1) is 17.2. The third kappa shape index (κ3) is 5.60. The van der Waals surface area contributed by atoms with E-state index in [-0.39, 0.29) is 30.6 Å². The standard InChI is InChI=1S/C26H31N3O6S/c1-15-6-8-18(9-7-15)23-22(24(30)27-3)20-13-19(17-10-11-17)21(28-25(20)35-23)14-29(36(33)34)12-4-5-16(2)26(31)32/h6-9,13,16-17,36H,4-5,10-12,14H2,1-3H3,(H,27,30)(H,31,32)/t16-/m0/s1. The van der Waals surface area contributed by atoms with Crippen molar-refractivity contribution in [3.63, 3.8) is 0 Å². The van der Waals surface area contributed by atoms with Crippen LogP contribution in [0.3, 0.4) is 0 Å². The van der Waals surface area contributed by atoms with Gasteiger partial charge in [-0.15, -0.1) is 0 Å². The zero-order chi connectivity index (χ0) is 26.0. The number of aryl methyl sites for hydroxylation is 1. The molecule has 2 heterocycles. The molecule has 1 amide bonds. The average molecular weight is 514 g/mol. The summed E-state index contributed by atoms with van der Waals surface area (Å²) < 4.78 is 31.4. The van der Waals surface area contributed by atoms with Gasteiger partial charge in [-0.2, -0.15) is 4.31 Å². The Balaban J connectivity index is 1.73. The molecule has 1 saturated carbocycles. The van der Waals surface area contributed by atoms with Crippen molar-refractivity contribution in [1.29, 1.82) is 0 Å². The van der Waals surface area contributed by atoms with Gasteiger partial charge in [0.1, 0.15) is 5.76 Å². The van der Waals surface area contributed by atoms with Gasteiger partial charge in [0, 0.05) is 19.2 Å². The van der Waals surface area contributed by atoms with Gasteiger partial charge in [0.15, 0.2) is 0 Å². The number of hydrogen-bond donors (Lipinski definition) is 3. The zero-order valence-corrected chi connectivity index (χ0v) is 21.5. The van der Waals surface area contributed by atoms with Crippen LogP contribution in [0.25, 0.3) is 22.4 Å². The van der Waals surface area contributed by atoms with Gasteiger partial charge in [0.25, 0.3) is 5.91 Å². The fourth-order valence-corrected chi connectivity index (χ4v) is 4.86. The Labute approximate surface area is 211 Å². The van der Waals surface area contributed by atoms with Crippen LogP contribution in [0.2, 0.25) is 0 Å². The Morgan fingerprint density at radius 3 is 2.53 bits per heavy atom. The zero-order valence-electron chi connectivity index (χ0n) is 20.6. The van der Waals surface area contributed by atoms with Crippen LogP contribution in [0.1, 0.15) is 65.7 Å². The number of aromatic nitrogens is 1. The van der Waals surface area contributed by atoms with E-state index in [1.54, 1.807) is 14.0 Å². The van der Waals surface area contributed by atoms with Gasteiger partial charge in [0.05, 0.1) is 29.1 Å². The van der Waals surface area contributed by atoms with Crippen LogP contribution >= 0.6 is 0 Å². The summed E-state index contributed by atoms with van der Waals surface area (Å²) in [5.41, 5.74) is 4.05. The Hall–Kier alpha value is -3.24. The lowest BCUT2D eigenvalue weighted by Gasteiger charge is -2.17. The molecule has 36 heavy (non-hydrogen) atoms. The first-order valence-electron chi connectivity index (χ1n) is 12.1. The summed E-state index contributed by atoms with van der Waals surface area (Å²) in [5.74, 6) is -1.04. The fourth-order valence-electron chi connectivity index (χ4n) is 4.30. The topological polar surface area (TPSA) is 130 Å². The molecule has 1 aliphatic rings. The molecule has 0 unspecified atom stereocenters. The van der Waals surface area contributed by atoms with E-state index in [0.29, 0.717) is 35.2 Å². The number of amides is 1. The van der Waals surface area contributed by atoms with E-state index in [1.807, 2.05) is 37.3 Å². The molecule has 2 N–H and O–H groups in total. The van der Waals surface area contributed by atoms with Gasteiger partial charge in [-0.25, -0.2) is 13.4 Å². The van der Waals surface area contributed by atoms with Gasteiger partial charge in [0.2, 0.25) is 16.6 Å². The molecule has 9 nitrogen and oxygen atoms in total. The number of thiol groups is 1. The lowest BCUT2D eigenvalue weighted by molar-refractivity contribution is -0.141. The summed E-state index contributed by atoms with van der Waals surface area (Å²) in [6.07, 6.45) is 2.75. The fraction of sp³-hybridized carbons (Fsp3) is 0.423. The molecule has 1 aromatic carbocycles. The van der Waals surface area contributed by atoms with Crippen molar-refractivity contribution in [3.8, 4) is 11.3 Å². The summed E-state index contributed by atoms with van der Waals surface area (Å²) in [6, 6.07) is 9.59. The molecule has 0 aliphatic heterocycles. The molecule has 0 spiro atoms. The molecule has 0 radical (unpaired) electrons. The highest BCUT2D eigenvalue weighted by Gasteiger charge is 2.31. The number of nitrogens with one attached hydrogen (secondary N) is 1. The van der Waals surface area contributed by atoms with Crippen molar-refractivity contribution in [2.75, 3.05) is 13.6 Å². The average Bonchev–Trinajstić information content (AvgIpc) is 3.63. The second-order valence-corrected chi connectivity index (χ2v) is 10.5. The normalized spacial score (nSPS) is 14.5. The quantitative estimate of drug-likeness (QED) is 0.332. The molecular formula is C26H31N3O6S. The highest BCUT2D eigenvalue weighted by Crippen LogP contribution is 2.44. The minimum Gasteiger partial charge on any atom is -0.481 e. The lowest BCUT2D eigenvalue weighted by atomic mass is 10.0. The molecule has 1 atom stereocenters. The van der Waals surface area contributed by atoms with E-state index in [4.69, 9.17) is 14.5 Å². The van der Waals surface area contributed by atoms with E-state index < -0.39 is 22.8 Å². The third-order valence-corrected chi connectivity index (χ3v) is 7.42. The summed E-state index contributed by atoms with van der Waals surface area (Å²) in [4.78, 5) is 28.7. The second-order valence-electron chi connectivity index (χ2n) is 9.41. The number of rotatable bonds is 11. The number of furan rings is 1. The largest absolute Gasteiger partial charge is 0.481 e. The van der Waals surface area contributed by atoms with E-state index in [2.05, 4.69) is 5.32 Å². The molecular weight excluding hydrogens is 482 g/mol. The van der Waals surface area contributed by atoms with Crippen LogP contribution < -0.4 is 5.32 Å². The van der Waals surface area contributed by atoms with Gasteiger partial charge in [-0.1, -0.05) is 36.8 Å². The van der Waals surface area contributed by atoms with Crippen molar-refractivity contribution in [3.05, 3.63) is 52.7 Å². The van der Waals surface area contributed by atoms with Crippen LogP contribution in [-0.2, 0) is 22.2 Å².